The van der Waals surface area contributed by atoms with Crippen LogP contribution in [-0.2, 0) is 4.79 Å². The number of hydrogen-bond acceptors (Lipinski definition) is 2. The van der Waals surface area contributed by atoms with Gasteiger partial charge in [0.2, 0.25) is 5.91 Å². The number of rotatable bonds is 3. The Kier molecular flexibility index (Phi) is 2.73. The van der Waals surface area contributed by atoms with Gasteiger partial charge in [-0.3, -0.25) is 4.79 Å². The summed E-state index contributed by atoms with van der Waals surface area (Å²) in [5.74, 6) is 0.0912. The molecule has 0 aromatic carbocycles. The van der Waals surface area contributed by atoms with Gasteiger partial charge in [-0.1, -0.05) is 13.3 Å². The average Bonchev–Trinajstić information content (AvgIpc) is 2.24. The van der Waals surface area contributed by atoms with Crippen molar-refractivity contribution in [2.45, 2.75) is 45.3 Å². The highest BCUT2D eigenvalue weighted by Crippen LogP contribution is 2.27. The third-order valence-electron chi connectivity index (χ3n) is 2.43. The van der Waals surface area contributed by atoms with Gasteiger partial charge in [-0.2, -0.15) is 0 Å². The van der Waals surface area contributed by atoms with Crippen LogP contribution in [0.3, 0.4) is 0 Å². The highest BCUT2D eigenvalue weighted by atomic mass is 16.3. The molecule has 0 aromatic heterocycles. The van der Waals surface area contributed by atoms with Crippen LogP contribution < -0.4 is 0 Å². The lowest BCUT2D eigenvalue weighted by Gasteiger charge is -2.29. The molecule has 0 saturated carbocycles. The van der Waals surface area contributed by atoms with Crippen molar-refractivity contribution in [2.75, 3.05) is 6.54 Å². The molecule has 1 fully saturated rings. The molecule has 1 aliphatic heterocycles. The number of aliphatic hydroxyl groups is 1. The molecule has 0 aliphatic carbocycles. The van der Waals surface area contributed by atoms with Crippen molar-refractivity contribution < 1.29 is 9.90 Å². The predicted octanol–water partition coefficient (Wildman–Crippen LogP) is 1.12. The first-order valence-electron chi connectivity index (χ1n) is 4.61. The maximum absolute atomic E-state index is 11.3. The molecule has 70 valence electrons. The van der Waals surface area contributed by atoms with Crippen molar-refractivity contribution >= 4 is 5.91 Å². The molecule has 1 amide bonds. The molecule has 1 atom stereocenters. The van der Waals surface area contributed by atoms with Gasteiger partial charge in [0.15, 0.2) is 0 Å². The lowest BCUT2D eigenvalue weighted by molar-refractivity contribution is -0.142. The number of carbonyl (C=O) groups is 1. The molecule has 1 saturated heterocycles. The Hall–Kier alpha value is -0.570. The van der Waals surface area contributed by atoms with E-state index in [9.17, 15) is 9.90 Å². The third kappa shape index (κ3) is 1.78. The zero-order valence-corrected chi connectivity index (χ0v) is 7.84. The minimum atomic E-state index is -0.883. The van der Waals surface area contributed by atoms with E-state index in [1.165, 1.54) is 0 Å². The van der Waals surface area contributed by atoms with Crippen molar-refractivity contribution in [1.29, 1.82) is 0 Å². The summed E-state index contributed by atoms with van der Waals surface area (Å²) in [6.07, 6.45) is 3.11. The van der Waals surface area contributed by atoms with E-state index >= 15 is 0 Å². The van der Waals surface area contributed by atoms with E-state index in [1.807, 2.05) is 0 Å². The number of nitrogens with zero attached hydrogens (tertiary/aromatic N) is 1. The van der Waals surface area contributed by atoms with Crippen LogP contribution in [0.15, 0.2) is 0 Å². The molecule has 12 heavy (non-hydrogen) atoms. The molecule has 1 aliphatic rings. The van der Waals surface area contributed by atoms with Crippen molar-refractivity contribution in [1.82, 2.24) is 4.90 Å². The maximum Gasteiger partial charge on any atom is 0.224 e. The molecule has 1 N–H and O–H groups in total. The largest absolute Gasteiger partial charge is 0.371 e. The number of unbranched alkanes of at least 4 members (excludes halogenated alkanes) is 1. The highest BCUT2D eigenvalue weighted by molar-refractivity contribution is 5.79. The van der Waals surface area contributed by atoms with Crippen LogP contribution in [0.4, 0.5) is 0 Å². The van der Waals surface area contributed by atoms with E-state index in [4.69, 9.17) is 0 Å². The van der Waals surface area contributed by atoms with Crippen LogP contribution in [0.2, 0.25) is 0 Å². The number of carbonyl (C=O) groups excluding carboxylic acids is 1. The zero-order valence-electron chi connectivity index (χ0n) is 7.84. The lowest BCUT2D eigenvalue weighted by atomic mass is 10.2. The second-order valence-corrected chi connectivity index (χ2v) is 3.62. The summed E-state index contributed by atoms with van der Waals surface area (Å²) in [7, 11) is 0. The molecule has 0 spiro atoms. The topological polar surface area (TPSA) is 40.5 Å². The van der Waals surface area contributed by atoms with Gasteiger partial charge in [0.05, 0.1) is 0 Å². The SMILES string of the molecule is CCCCN1C(=O)CCC1(C)O. The Balaban J connectivity index is 2.53. The molecule has 0 radical (unpaired) electrons. The minimum Gasteiger partial charge on any atom is -0.371 e. The van der Waals surface area contributed by atoms with Crippen LogP contribution >= 0.6 is 0 Å². The van der Waals surface area contributed by atoms with Crippen LogP contribution in [-0.4, -0.2) is 28.2 Å². The molecule has 0 bridgehead atoms. The van der Waals surface area contributed by atoms with Gasteiger partial charge in [0, 0.05) is 19.4 Å². The van der Waals surface area contributed by atoms with Gasteiger partial charge in [-0.05, 0) is 13.3 Å². The zero-order chi connectivity index (χ0) is 9.19. The molecule has 3 heteroatoms. The summed E-state index contributed by atoms with van der Waals surface area (Å²) < 4.78 is 0. The van der Waals surface area contributed by atoms with E-state index in [-0.39, 0.29) is 5.91 Å². The summed E-state index contributed by atoms with van der Waals surface area (Å²) in [6, 6.07) is 0. The van der Waals surface area contributed by atoms with Gasteiger partial charge in [-0.25, -0.2) is 0 Å². The molecular weight excluding hydrogens is 154 g/mol. The third-order valence-corrected chi connectivity index (χ3v) is 2.43. The molecule has 1 rings (SSSR count). The number of likely N-dealkylation sites (tertiary alicyclic amines) is 1. The Morgan fingerprint density at radius 3 is 2.75 bits per heavy atom. The van der Waals surface area contributed by atoms with Crippen LogP contribution in [0, 0.1) is 0 Å². The van der Waals surface area contributed by atoms with Crippen LogP contribution in [0.1, 0.15) is 39.5 Å². The minimum absolute atomic E-state index is 0.0912. The van der Waals surface area contributed by atoms with E-state index in [2.05, 4.69) is 6.92 Å². The van der Waals surface area contributed by atoms with Gasteiger partial charge >= 0.3 is 0 Å². The standard InChI is InChI=1S/C9H17NO2/c1-3-4-7-10-8(11)5-6-9(10,2)12/h12H,3-7H2,1-2H3. The second kappa shape index (κ2) is 3.44. The first-order valence-corrected chi connectivity index (χ1v) is 4.61. The highest BCUT2D eigenvalue weighted by Gasteiger charge is 2.38. The van der Waals surface area contributed by atoms with E-state index in [0.717, 1.165) is 12.8 Å². The fraction of sp³-hybridized carbons (Fsp3) is 0.889. The summed E-state index contributed by atoms with van der Waals surface area (Å²) in [5, 5.41) is 9.76. The fourth-order valence-electron chi connectivity index (χ4n) is 1.56. The van der Waals surface area contributed by atoms with Crippen molar-refractivity contribution in [2.24, 2.45) is 0 Å². The van der Waals surface area contributed by atoms with Gasteiger partial charge in [-0.15, -0.1) is 0 Å². The predicted molar refractivity (Wildman–Crippen MR) is 46.5 cm³/mol. The quantitative estimate of drug-likeness (QED) is 0.691. The summed E-state index contributed by atoms with van der Waals surface area (Å²) in [6.45, 7) is 4.49. The van der Waals surface area contributed by atoms with Crippen LogP contribution in [0.25, 0.3) is 0 Å². The van der Waals surface area contributed by atoms with E-state index in [1.54, 1.807) is 11.8 Å². The summed E-state index contributed by atoms with van der Waals surface area (Å²) >= 11 is 0. The number of amides is 1. The first kappa shape index (κ1) is 9.52. The van der Waals surface area contributed by atoms with Gasteiger partial charge < -0.3 is 10.0 Å². The normalized spacial score (nSPS) is 29.9. The Bertz CT molecular complexity index is 177. The maximum atomic E-state index is 11.3. The molecule has 0 aromatic rings. The van der Waals surface area contributed by atoms with Crippen molar-refractivity contribution in [3.05, 3.63) is 0 Å². The Morgan fingerprint density at radius 2 is 2.33 bits per heavy atom. The smallest absolute Gasteiger partial charge is 0.224 e. The summed E-state index contributed by atoms with van der Waals surface area (Å²) in [5.41, 5.74) is -0.883. The molecular formula is C9H17NO2. The van der Waals surface area contributed by atoms with Gasteiger partial charge in [0.1, 0.15) is 5.72 Å². The Labute approximate surface area is 73.4 Å². The van der Waals surface area contributed by atoms with E-state index < -0.39 is 5.72 Å². The lowest BCUT2D eigenvalue weighted by Crippen LogP contribution is -2.43. The first-order chi connectivity index (χ1) is 5.58. The van der Waals surface area contributed by atoms with Crippen molar-refractivity contribution in [3.8, 4) is 0 Å². The average molecular weight is 171 g/mol. The summed E-state index contributed by atoms with van der Waals surface area (Å²) in [4.78, 5) is 12.9. The molecule has 1 unspecified atom stereocenters. The van der Waals surface area contributed by atoms with E-state index in [0.29, 0.717) is 19.4 Å². The van der Waals surface area contributed by atoms with Crippen molar-refractivity contribution in [3.63, 3.8) is 0 Å². The Morgan fingerprint density at radius 1 is 1.67 bits per heavy atom. The van der Waals surface area contributed by atoms with Crippen LogP contribution in [0.5, 0.6) is 0 Å². The molecule has 1 heterocycles. The monoisotopic (exact) mass is 171 g/mol. The second-order valence-electron chi connectivity index (χ2n) is 3.62. The fourth-order valence-corrected chi connectivity index (χ4v) is 1.56. The number of hydrogen-bond donors (Lipinski definition) is 1. The van der Waals surface area contributed by atoms with Gasteiger partial charge in [0.25, 0.3) is 0 Å². The molecule has 3 nitrogen and oxygen atoms in total.